The second-order valence-electron chi connectivity index (χ2n) is 6.34. The van der Waals surface area contributed by atoms with Gasteiger partial charge in [0.25, 0.3) is 5.91 Å². The van der Waals surface area contributed by atoms with Gasteiger partial charge in [0.15, 0.2) is 6.10 Å². The van der Waals surface area contributed by atoms with Gasteiger partial charge in [-0.2, -0.15) is 0 Å². The van der Waals surface area contributed by atoms with Crippen LogP contribution in [0.1, 0.15) is 5.56 Å². The topological polar surface area (TPSA) is 84.9 Å². The Bertz CT molecular complexity index is 937. The van der Waals surface area contributed by atoms with Crippen molar-refractivity contribution >= 4 is 33.2 Å². The van der Waals surface area contributed by atoms with E-state index in [0.717, 1.165) is 16.1 Å². The minimum absolute atomic E-state index is 0.122. The molecular weight excluding hydrogens is 404 g/mol. The molecule has 2 aromatic rings. The zero-order valence-electron chi connectivity index (χ0n) is 15.3. The lowest BCUT2D eigenvalue weighted by atomic mass is 10.2. The number of carbonyl (C=O) groups is 1. The smallest absolute Gasteiger partial charge is 0.263 e. The largest absolute Gasteiger partial charge is 0.476 e. The third kappa shape index (κ3) is 5.15. The summed E-state index contributed by atoms with van der Waals surface area (Å²) >= 11 is 5.96. The van der Waals surface area contributed by atoms with Crippen LogP contribution in [0.25, 0.3) is 0 Å². The Balaban J connectivity index is 1.56. The van der Waals surface area contributed by atoms with E-state index in [0.29, 0.717) is 29.7 Å². The molecule has 150 valence electrons. The second kappa shape index (κ2) is 8.81. The van der Waals surface area contributed by atoms with Crippen LogP contribution in [0, 0.1) is 0 Å². The summed E-state index contributed by atoms with van der Waals surface area (Å²) in [5, 5.41) is 3.10. The van der Waals surface area contributed by atoms with Crippen LogP contribution in [0.3, 0.4) is 0 Å². The summed E-state index contributed by atoms with van der Waals surface area (Å²) in [5.74, 6) is -0.112. The van der Waals surface area contributed by atoms with Crippen molar-refractivity contribution in [1.29, 1.82) is 0 Å². The van der Waals surface area contributed by atoms with Crippen LogP contribution in [0.15, 0.2) is 48.5 Å². The maximum absolute atomic E-state index is 12.4. The molecule has 0 aromatic heterocycles. The molecule has 1 aliphatic rings. The molecule has 0 spiro atoms. The Hall–Kier alpha value is -2.29. The van der Waals surface area contributed by atoms with E-state index in [2.05, 4.69) is 5.32 Å². The molecule has 0 bridgehead atoms. The van der Waals surface area contributed by atoms with Gasteiger partial charge in [0.1, 0.15) is 5.75 Å². The molecule has 1 heterocycles. The van der Waals surface area contributed by atoms with E-state index in [4.69, 9.17) is 21.1 Å². The standard InChI is InChI=1S/C19H21ClN2O5S/c1-28(24,25)22-12-18(27-17-8-7-15(20)11-16(17)22)19(23)21-9-10-26-13-14-5-3-2-4-6-14/h2-8,11,18H,9-10,12-13H2,1H3,(H,21,23)/t18-/m0/s1. The molecule has 2 aromatic carbocycles. The van der Waals surface area contributed by atoms with Crippen LogP contribution in [-0.4, -0.2) is 46.4 Å². The molecule has 28 heavy (non-hydrogen) atoms. The number of nitrogens with one attached hydrogen (secondary N) is 1. The van der Waals surface area contributed by atoms with Crippen molar-refractivity contribution in [3.05, 3.63) is 59.1 Å². The van der Waals surface area contributed by atoms with Crippen molar-refractivity contribution in [3.8, 4) is 5.75 Å². The van der Waals surface area contributed by atoms with E-state index in [-0.39, 0.29) is 13.1 Å². The molecule has 0 fully saturated rings. The van der Waals surface area contributed by atoms with Crippen molar-refractivity contribution in [3.63, 3.8) is 0 Å². The highest BCUT2D eigenvalue weighted by Gasteiger charge is 2.35. The van der Waals surface area contributed by atoms with Crippen molar-refractivity contribution in [2.75, 3.05) is 30.3 Å². The van der Waals surface area contributed by atoms with E-state index >= 15 is 0 Å². The number of sulfonamides is 1. The van der Waals surface area contributed by atoms with Gasteiger partial charge >= 0.3 is 0 Å². The zero-order valence-corrected chi connectivity index (χ0v) is 16.9. The minimum Gasteiger partial charge on any atom is -0.476 e. The average Bonchev–Trinajstić information content (AvgIpc) is 2.66. The third-order valence-corrected chi connectivity index (χ3v) is 5.52. The number of carbonyl (C=O) groups excluding carboxylic acids is 1. The lowest BCUT2D eigenvalue weighted by Gasteiger charge is -2.34. The monoisotopic (exact) mass is 424 g/mol. The minimum atomic E-state index is -3.59. The number of rotatable bonds is 7. The van der Waals surface area contributed by atoms with Gasteiger partial charge in [0, 0.05) is 11.6 Å². The number of fused-ring (bicyclic) bond motifs is 1. The first-order valence-corrected chi connectivity index (χ1v) is 10.9. The molecule has 0 saturated heterocycles. The summed E-state index contributed by atoms with van der Waals surface area (Å²) in [6.07, 6.45) is 0.118. The normalized spacial score (nSPS) is 16.2. The van der Waals surface area contributed by atoms with Crippen molar-refractivity contribution < 1.29 is 22.7 Å². The number of anilines is 1. The highest BCUT2D eigenvalue weighted by molar-refractivity contribution is 7.92. The third-order valence-electron chi connectivity index (χ3n) is 4.14. The summed E-state index contributed by atoms with van der Waals surface area (Å²) in [6, 6.07) is 14.3. The molecule has 0 radical (unpaired) electrons. The molecule has 9 heteroatoms. The highest BCUT2D eigenvalue weighted by atomic mass is 35.5. The summed E-state index contributed by atoms with van der Waals surface area (Å²) in [7, 11) is -3.59. The van der Waals surface area contributed by atoms with Crippen molar-refractivity contribution in [2.45, 2.75) is 12.7 Å². The van der Waals surface area contributed by atoms with Crippen LogP contribution in [0.2, 0.25) is 5.02 Å². The Labute approximate surface area is 169 Å². The fraction of sp³-hybridized carbons (Fsp3) is 0.316. The van der Waals surface area contributed by atoms with Gasteiger partial charge in [0.2, 0.25) is 10.0 Å². The summed E-state index contributed by atoms with van der Waals surface area (Å²) in [6.45, 7) is 0.947. The maximum atomic E-state index is 12.4. The van der Waals surface area contributed by atoms with Gasteiger partial charge in [-0.15, -0.1) is 0 Å². The molecule has 0 aliphatic carbocycles. The van der Waals surface area contributed by atoms with Gasteiger partial charge in [-0.05, 0) is 23.8 Å². The first kappa shape index (κ1) is 20.4. The zero-order chi connectivity index (χ0) is 20.1. The first-order chi connectivity index (χ1) is 13.3. The lowest BCUT2D eigenvalue weighted by molar-refractivity contribution is -0.128. The molecule has 7 nitrogen and oxygen atoms in total. The number of hydrogen-bond donors (Lipinski definition) is 1. The number of halogens is 1. The van der Waals surface area contributed by atoms with Gasteiger partial charge in [0.05, 0.1) is 31.7 Å². The fourth-order valence-electron chi connectivity index (χ4n) is 2.80. The molecule has 1 amide bonds. The van der Waals surface area contributed by atoms with Crippen LogP contribution in [0.4, 0.5) is 5.69 Å². The number of ether oxygens (including phenoxy) is 2. The van der Waals surface area contributed by atoms with Crippen molar-refractivity contribution in [1.82, 2.24) is 5.32 Å². The Morgan fingerprint density at radius 2 is 2.04 bits per heavy atom. The fourth-order valence-corrected chi connectivity index (χ4v) is 3.87. The average molecular weight is 425 g/mol. The molecule has 0 unspecified atom stereocenters. The van der Waals surface area contributed by atoms with Crippen LogP contribution in [-0.2, 0) is 26.2 Å². The molecular formula is C19H21ClN2O5S. The SMILES string of the molecule is CS(=O)(=O)N1C[C@@H](C(=O)NCCOCc2ccccc2)Oc2ccc(Cl)cc21. The Kier molecular flexibility index (Phi) is 6.43. The van der Waals surface area contributed by atoms with E-state index in [9.17, 15) is 13.2 Å². The first-order valence-electron chi connectivity index (χ1n) is 8.68. The summed E-state index contributed by atoms with van der Waals surface area (Å²) in [4.78, 5) is 12.4. The second-order valence-corrected chi connectivity index (χ2v) is 8.69. The van der Waals surface area contributed by atoms with Crippen molar-refractivity contribution in [2.24, 2.45) is 0 Å². The lowest BCUT2D eigenvalue weighted by Crippen LogP contribution is -2.50. The molecule has 1 atom stereocenters. The Morgan fingerprint density at radius 3 is 2.75 bits per heavy atom. The number of nitrogens with zero attached hydrogens (tertiary/aromatic N) is 1. The van der Waals surface area contributed by atoms with Gasteiger partial charge in [-0.25, -0.2) is 8.42 Å². The molecule has 3 rings (SSSR count). The molecule has 1 aliphatic heterocycles. The van der Waals surface area contributed by atoms with Crippen LogP contribution in [0.5, 0.6) is 5.75 Å². The van der Waals surface area contributed by atoms with E-state index in [1.807, 2.05) is 30.3 Å². The van der Waals surface area contributed by atoms with Crippen LogP contribution < -0.4 is 14.4 Å². The van der Waals surface area contributed by atoms with E-state index in [1.54, 1.807) is 12.1 Å². The summed E-state index contributed by atoms with van der Waals surface area (Å²) < 4.78 is 36.6. The van der Waals surface area contributed by atoms with E-state index < -0.39 is 22.0 Å². The molecule has 0 saturated carbocycles. The van der Waals surface area contributed by atoms with Crippen LogP contribution >= 0.6 is 11.6 Å². The van der Waals surface area contributed by atoms with E-state index in [1.165, 1.54) is 6.07 Å². The van der Waals surface area contributed by atoms with Gasteiger partial charge in [-0.1, -0.05) is 41.9 Å². The quantitative estimate of drug-likeness (QED) is 0.689. The number of benzene rings is 2. The Morgan fingerprint density at radius 1 is 1.29 bits per heavy atom. The predicted molar refractivity (Wildman–Crippen MR) is 107 cm³/mol. The summed E-state index contributed by atoms with van der Waals surface area (Å²) in [5.41, 5.74) is 1.37. The predicted octanol–water partition coefficient (Wildman–Crippen LogP) is 2.20. The van der Waals surface area contributed by atoms with Gasteiger partial charge < -0.3 is 14.8 Å². The number of hydrogen-bond acceptors (Lipinski definition) is 5. The highest BCUT2D eigenvalue weighted by Crippen LogP contribution is 2.37. The molecule has 1 N–H and O–H groups in total. The van der Waals surface area contributed by atoms with Gasteiger partial charge in [-0.3, -0.25) is 9.10 Å². The maximum Gasteiger partial charge on any atom is 0.263 e. The number of amides is 1.